The average molecular weight is 540 g/mol. The number of hydrogen-bond donors (Lipinski definition) is 2. The third-order valence-electron chi connectivity index (χ3n) is 5.50. The molecule has 0 aromatic heterocycles. The predicted octanol–water partition coefficient (Wildman–Crippen LogP) is 2.87. The molecule has 0 aromatic carbocycles. The molecule has 30 heavy (non-hydrogen) atoms. The molecular formula is C21H42IN5O3. The van der Waals surface area contributed by atoms with Gasteiger partial charge in [-0.1, -0.05) is 0 Å². The third kappa shape index (κ3) is 7.71. The van der Waals surface area contributed by atoms with Gasteiger partial charge in [-0.25, -0.2) is 4.79 Å². The minimum Gasteiger partial charge on any atom is -0.444 e. The Labute approximate surface area is 199 Å². The highest BCUT2D eigenvalue weighted by atomic mass is 127. The molecule has 0 aliphatic carbocycles. The number of halogens is 1. The van der Waals surface area contributed by atoms with Crippen LogP contribution < -0.4 is 10.6 Å². The van der Waals surface area contributed by atoms with E-state index in [9.17, 15) is 4.79 Å². The molecule has 0 spiro atoms. The van der Waals surface area contributed by atoms with Gasteiger partial charge in [0, 0.05) is 26.7 Å². The van der Waals surface area contributed by atoms with Crippen molar-refractivity contribution < 1.29 is 14.3 Å². The fourth-order valence-electron chi connectivity index (χ4n) is 4.23. The number of amides is 1. The average Bonchev–Trinajstić information content (AvgIpc) is 2.81. The monoisotopic (exact) mass is 539 g/mol. The SMILES string of the molecule is CN=C(NCC1CCCN(C)C1)NCC1C(C)OC(C)(C)N1C(=O)OC(C)(C)C.I. The summed E-state index contributed by atoms with van der Waals surface area (Å²) in [5, 5.41) is 6.81. The summed E-state index contributed by atoms with van der Waals surface area (Å²) in [5.41, 5.74) is -1.28. The van der Waals surface area contributed by atoms with Crippen LogP contribution in [0.25, 0.3) is 0 Å². The second-order valence-corrected chi connectivity index (χ2v) is 9.79. The number of likely N-dealkylation sites (tertiary alicyclic amines) is 1. The maximum Gasteiger partial charge on any atom is 0.412 e. The van der Waals surface area contributed by atoms with Gasteiger partial charge >= 0.3 is 6.09 Å². The van der Waals surface area contributed by atoms with Crippen LogP contribution in [0.4, 0.5) is 4.79 Å². The summed E-state index contributed by atoms with van der Waals surface area (Å²) in [6, 6.07) is -0.154. The summed E-state index contributed by atoms with van der Waals surface area (Å²) in [5.74, 6) is 1.37. The van der Waals surface area contributed by atoms with Crippen molar-refractivity contribution in [3.63, 3.8) is 0 Å². The van der Waals surface area contributed by atoms with E-state index in [0.29, 0.717) is 12.5 Å². The molecule has 176 valence electrons. The van der Waals surface area contributed by atoms with E-state index < -0.39 is 11.3 Å². The lowest BCUT2D eigenvalue weighted by Gasteiger charge is -2.35. The summed E-state index contributed by atoms with van der Waals surface area (Å²) >= 11 is 0. The quantitative estimate of drug-likeness (QED) is 0.325. The Balaban J connectivity index is 0.00000450. The van der Waals surface area contributed by atoms with Crippen molar-refractivity contribution in [1.82, 2.24) is 20.4 Å². The van der Waals surface area contributed by atoms with Crippen LogP contribution in [0.1, 0.15) is 54.4 Å². The van der Waals surface area contributed by atoms with Crippen molar-refractivity contribution in [1.29, 1.82) is 0 Å². The van der Waals surface area contributed by atoms with Gasteiger partial charge in [-0.15, -0.1) is 24.0 Å². The number of piperidine rings is 1. The topological polar surface area (TPSA) is 78.4 Å². The Morgan fingerprint density at radius 2 is 1.90 bits per heavy atom. The maximum atomic E-state index is 12.9. The van der Waals surface area contributed by atoms with Crippen molar-refractivity contribution in [2.45, 2.75) is 77.9 Å². The number of nitrogens with one attached hydrogen (secondary N) is 2. The number of aliphatic imine (C=N–C) groups is 1. The van der Waals surface area contributed by atoms with Crippen LogP contribution in [0, 0.1) is 5.92 Å². The number of carbonyl (C=O) groups excluding carboxylic acids is 1. The summed E-state index contributed by atoms with van der Waals surface area (Å²) in [4.78, 5) is 21.3. The fraction of sp³-hybridized carbons (Fsp3) is 0.905. The minimum absolute atomic E-state index is 0. The zero-order valence-electron chi connectivity index (χ0n) is 19.9. The molecule has 1 amide bonds. The molecule has 2 rings (SSSR count). The fourth-order valence-corrected chi connectivity index (χ4v) is 4.23. The molecule has 2 heterocycles. The van der Waals surface area contributed by atoms with Crippen molar-refractivity contribution >= 4 is 36.0 Å². The van der Waals surface area contributed by atoms with E-state index in [0.717, 1.165) is 19.0 Å². The smallest absolute Gasteiger partial charge is 0.412 e. The number of carbonyl (C=O) groups is 1. The Bertz CT molecular complexity index is 594. The summed E-state index contributed by atoms with van der Waals surface area (Å²) in [6.45, 7) is 15.1. The van der Waals surface area contributed by atoms with E-state index in [1.807, 2.05) is 41.5 Å². The summed E-state index contributed by atoms with van der Waals surface area (Å²) < 4.78 is 11.7. The molecule has 0 aromatic rings. The Hall–Kier alpha value is -0.810. The molecule has 2 aliphatic rings. The van der Waals surface area contributed by atoms with Gasteiger partial charge in [-0.3, -0.25) is 9.89 Å². The Kier molecular flexibility index (Phi) is 10.1. The largest absolute Gasteiger partial charge is 0.444 e. The van der Waals surface area contributed by atoms with Crippen LogP contribution in [-0.4, -0.2) is 85.6 Å². The molecule has 2 N–H and O–H groups in total. The van der Waals surface area contributed by atoms with Crippen LogP contribution in [-0.2, 0) is 9.47 Å². The van der Waals surface area contributed by atoms with Gasteiger partial charge in [-0.2, -0.15) is 0 Å². The first-order valence-corrected chi connectivity index (χ1v) is 10.8. The number of guanidine groups is 1. The second-order valence-electron chi connectivity index (χ2n) is 9.79. The van der Waals surface area contributed by atoms with Crippen LogP contribution >= 0.6 is 24.0 Å². The van der Waals surface area contributed by atoms with Gasteiger partial charge in [0.05, 0.1) is 12.1 Å². The highest BCUT2D eigenvalue weighted by molar-refractivity contribution is 14.0. The number of rotatable bonds is 4. The lowest BCUT2D eigenvalue weighted by Crippen LogP contribution is -2.54. The maximum absolute atomic E-state index is 12.9. The Morgan fingerprint density at radius 1 is 1.27 bits per heavy atom. The Morgan fingerprint density at radius 3 is 2.47 bits per heavy atom. The van der Waals surface area contributed by atoms with E-state index >= 15 is 0 Å². The van der Waals surface area contributed by atoms with Gasteiger partial charge in [0.15, 0.2) is 5.96 Å². The predicted molar refractivity (Wildman–Crippen MR) is 131 cm³/mol. The van der Waals surface area contributed by atoms with E-state index in [2.05, 4.69) is 27.6 Å². The zero-order valence-corrected chi connectivity index (χ0v) is 22.3. The van der Waals surface area contributed by atoms with Crippen LogP contribution in [0.2, 0.25) is 0 Å². The van der Waals surface area contributed by atoms with E-state index in [1.54, 1.807) is 11.9 Å². The van der Waals surface area contributed by atoms with Gasteiger partial charge in [0.25, 0.3) is 0 Å². The normalized spacial score (nSPS) is 27.4. The summed E-state index contributed by atoms with van der Waals surface area (Å²) in [7, 11) is 3.94. The molecule has 8 nitrogen and oxygen atoms in total. The van der Waals surface area contributed by atoms with Crippen LogP contribution in [0.15, 0.2) is 4.99 Å². The molecule has 3 unspecified atom stereocenters. The molecule has 2 saturated heterocycles. The second kappa shape index (κ2) is 11.2. The highest BCUT2D eigenvalue weighted by Crippen LogP contribution is 2.33. The zero-order chi connectivity index (χ0) is 21.8. The van der Waals surface area contributed by atoms with Crippen molar-refractivity contribution in [3.05, 3.63) is 0 Å². The van der Waals surface area contributed by atoms with Gasteiger partial charge in [-0.05, 0) is 73.9 Å². The van der Waals surface area contributed by atoms with Gasteiger partial charge in [0.2, 0.25) is 0 Å². The third-order valence-corrected chi connectivity index (χ3v) is 5.50. The molecule has 2 aliphatic heterocycles. The van der Waals surface area contributed by atoms with Gasteiger partial charge in [0.1, 0.15) is 11.3 Å². The van der Waals surface area contributed by atoms with E-state index in [4.69, 9.17) is 9.47 Å². The first kappa shape index (κ1) is 27.2. The highest BCUT2D eigenvalue weighted by Gasteiger charge is 2.49. The van der Waals surface area contributed by atoms with Crippen molar-refractivity contribution in [2.75, 3.05) is 40.3 Å². The minimum atomic E-state index is -0.724. The lowest BCUT2D eigenvalue weighted by molar-refractivity contribution is -0.0755. The molecule has 0 saturated carbocycles. The van der Waals surface area contributed by atoms with Crippen LogP contribution in [0.5, 0.6) is 0 Å². The molecule has 0 bridgehead atoms. The van der Waals surface area contributed by atoms with E-state index in [-0.39, 0.29) is 42.2 Å². The number of ether oxygens (including phenoxy) is 2. The molecule has 3 atom stereocenters. The first-order chi connectivity index (χ1) is 13.4. The van der Waals surface area contributed by atoms with Crippen LogP contribution in [0.3, 0.4) is 0 Å². The van der Waals surface area contributed by atoms with Crippen molar-refractivity contribution in [2.24, 2.45) is 10.9 Å². The molecule has 0 radical (unpaired) electrons. The number of hydrogen-bond acceptors (Lipinski definition) is 5. The molecule has 9 heteroatoms. The van der Waals surface area contributed by atoms with E-state index in [1.165, 1.54) is 19.4 Å². The molecular weight excluding hydrogens is 497 g/mol. The first-order valence-electron chi connectivity index (χ1n) is 10.8. The lowest BCUT2D eigenvalue weighted by atomic mass is 9.99. The summed E-state index contributed by atoms with van der Waals surface area (Å²) in [6.07, 6.45) is 2.01. The number of nitrogens with zero attached hydrogens (tertiary/aromatic N) is 3. The molecule has 2 fully saturated rings. The van der Waals surface area contributed by atoms with Gasteiger partial charge < -0.3 is 25.0 Å². The standard InChI is InChI=1S/C21H41N5O3.HI/c1-15-17(26(21(5,6)28-15)19(27)29-20(2,3)4)13-24-18(22-7)23-12-16-10-9-11-25(8)14-16;/h15-17H,9-14H2,1-8H3,(H2,22,23,24);1H. The van der Waals surface area contributed by atoms with Crippen molar-refractivity contribution in [3.8, 4) is 0 Å².